The Morgan fingerprint density at radius 1 is 0.529 bits per heavy atom. The smallest absolute Gasteiger partial charge is 0.186 e. The summed E-state index contributed by atoms with van der Waals surface area (Å²) < 4.78 is 20.3. The van der Waals surface area contributed by atoms with Crippen molar-refractivity contribution in [3.05, 3.63) is 0 Å². The summed E-state index contributed by atoms with van der Waals surface area (Å²) in [5, 5.41) is 117. The van der Waals surface area contributed by atoms with E-state index in [9.17, 15) is 51.1 Å². The molecule has 2 rings (SSSR count). The van der Waals surface area contributed by atoms with Gasteiger partial charge in [-0.25, -0.2) is 0 Å². The van der Waals surface area contributed by atoms with Gasteiger partial charge >= 0.3 is 0 Å². The van der Waals surface area contributed by atoms with Gasteiger partial charge < -0.3 is 80.2 Å². The van der Waals surface area contributed by atoms with Crippen LogP contribution >= 0.6 is 0 Å². The molecule has 2 saturated heterocycles. The highest BCUT2D eigenvalue weighted by atomic mass is 16.7. The average Bonchev–Trinajstić information content (AvgIpc) is 2.83. The van der Waals surface area contributed by atoms with Gasteiger partial charge in [0.15, 0.2) is 12.6 Å². The van der Waals surface area contributed by atoms with Crippen LogP contribution in [0.4, 0.5) is 0 Å². The van der Waals surface area contributed by atoms with Gasteiger partial charge in [0.1, 0.15) is 73.2 Å². The van der Waals surface area contributed by atoms with Crippen LogP contribution in [0.25, 0.3) is 0 Å². The Balaban J connectivity index is 1.84. The fourth-order valence-corrected chi connectivity index (χ4v) is 3.45. The van der Waals surface area contributed by atoms with Gasteiger partial charge in [0, 0.05) is 0 Å². The Bertz CT molecular complexity index is 544. The highest BCUT2D eigenvalue weighted by molar-refractivity contribution is 4.90. The Hall–Kier alpha value is -0.640. The van der Waals surface area contributed by atoms with Crippen molar-refractivity contribution in [3.8, 4) is 0 Å². The first-order valence-electron chi connectivity index (χ1n) is 10.5. The van der Waals surface area contributed by atoms with Crippen molar-refractivity contribution in [1.82, 2.24) is 0 Å². The second kappa shape index (κ2) is 13.1. The maximum atomic E-state index is 10.1. The van der Waals surface area contributed by atoms with Crippen molar-refractivity contribution in [3.63, 3.8) is 0 Å². The molecule has 0 bridgehead atoms. The molecule has 34 heavy (non-hydrogen) atoms. The molecule has 16 heteroatoms. The zero-order chi connectivity index (χ0) is 25.7. The highest BCUT2D eigenvalue weighted by Crippen LogP contribution is 2.24. The van der Waals surface area contributed by atoms with Crippen molar-refractivity contribution in [1.29, 1.82) is 0 Å². The molecule has 0 amide bonds. The SMILES string of the molecule is OC[C@H]1O[C@@H](OC[C@@H](O)[C@@H](O)[C@H](O)[C@H](O)CO[C@@H]2O[C@H](CO)[C@@H](O)[C@H](O)[C@H]2O)[C@H](O)[C@@H](O)[C@@H]1O. The lowest BCUT2D eigenvalue weighted by molar-refractivity contribution is -0.309. The van der Waals surface area contributed by atoms with Crippen LogP contribution in [-0.4, -0.2) is 174 Å². The molecule has 0 saturated carbocycles. The van der Waals surface area contributed by atoms with Gasteiger partial charge in [0.05, 0.1) is 26.4 Å². The lowest BCUT2D eigenvalue weighted by Gasteiger charge is -2.40. The molecule has 0 aromatic rings. The summed E-state index contributed by atoms with van der Waals surface area (Å²) in [6, 6.07) is 0. The Morgan fingerprint density at radius 2 is 0.853 bits per heavy atom. The van der Waals surface area contributed by atoms with E-state index in [0.29, 0.717) is 0 Å². The molecule has 0 radical (unpaired) electrons. The van der Waals surface area contributed by atoms with Crippen LogP contribution in [0.15, 0.2) is 0 Å². The average molecular weight is 506 g/mol. The van der Waals surface area contributed by atoms with Crippen molar-refractivity contribution >= 4 is 0 Å². The van der Waals surface area contributed by atoms with Crippen LogP contribution in [0.1, 0.15) is 0 Å². The molecule has 2 aliphatic heterocycles. The van der Waals surface area contributed by atoms with E-state index in [1.54, 1.807) is 0 Å². The van der Waals surface area contributed by atoms with Gasteiger partial charge in [-0.2, -0.15) is 0 Å². The molecule has 0 spiro atoms. The van der Waals surface area contributed by atoms with Crippen LogP contribution in [0.2, 0.25) is 0 Å². The summed E-state index contributed by atoms with van der Waals surface area (Å²) in [6.07, 6.45) is -23.8. The molecular formula is C18H34O16. The van der Waals surface area contributed by atoms with Crippen molar-refractivity contribution < 1.29 is 80.2 Å². The number of aliphatic hydroxyl groups excluding tert-OH is 12. The van der Waals surface area contributed by atoms with Gasteiger partial charge in [0.25, 0.3) is 0 Å². The van der Waals surface area contributed by atoms with E-state index in [-0.39, 0.29) is 0 Å². The molecule has 12 N–H and O–H groups in total. The molecule has 0 aliphatic carbocycles. The maximum Gasteiger partial charge on any atom is 0.186 e. The summed E-state index contributed by atoms with van der Waals surface area (Å²) in [5.74, 6) is 0. The Morgan fingerprint density at radius 3 is 1.15 bits per heavy atom. The largest absolute Gasteiger partial charge is 0.394 e. The maximum absolute atomic E-state index is 10.1. The second-order valence-electron chi connectivity index (χ2n) is 8.18. The van der Waals surface area contributed by atoms with Crippen LogP contribution in [-0.2, 0) is 18.9 Å². The fourth-order valence-electron chi connectivity index (χ4n) is 3.45. The zero-order valence-electron chi connectivity index (χ0n) is 17.9. The zero-order valence-corrected chi connectivity index (χ0v) is 17.9. The minimum absolute atomic E-state index is 0.713. The minimum atomic E-state index is -2.03. The Labute approximate surface area is 193 Å². The third-order valence-corrected chi connectivity index (χ3v) is 5.70. The van der Waals surface area contributed by atoms with Gasteiger partial charge in [0.2, 0.25) is 0 Å². The standard InChI is InChI=1S/C18H34O16/c19-1-7-11(25)13(27)15(29)17(33-7)31-3-5(21)9(23)10(24)6(22)4-32-18-16(30)14(28)12(26)8(2-20)34-18/h5-30H,1-4H2/t5-,6-,7-,8-,9-,10-,11-,12-,13+,14+,15-,16-,17-,18-/m1/s1. The van der Waals surface area contributed by atoms with Gasteiger partial charge in [-0.05, 0) is 0 Å². The highest BCUT2D eigenvalue weighted by Gasteiger charge is 2.46. The number of rotatable bonds is 11. The fraction of sp³-hybridized carbons (Fsp3) is 1.00. The van der Waals surface area contributed by atoms with E-state index in [1.807, 2.05) is 0 Å². The van der Waals surface area contributed by atoms with E-state index < -0.39 is 112 Å². The third kappa shape index (κ3) is 6.77. The molecule has 202 valence electrons. The lowest BCUT2D eigenvalue weighted by Crippen LogP contribution is -2.60. The first-order chi connectivity index (χ1) is 15.9. The first kappa shape index (κ1) is 29.6. The van der Waals surface area contributed by atoms with Gasteiger partial charge in [-0.3, -0.25) is 0 Å². The van der Waals surface area contributed by atoms with Crippen molar-refractivity contribution in [2.75, 3.05) is 26.4 Å². The van der Waals surface area contributed by atoms with E-state index >= 15 is 0 Å². The van der Waals surface area contributed by atoms with Crippen molar-refractivity contribution in [2.45, 2.75) is 85.8 Å². The lowest BCUT2D eigenvalue weighted by atomic mass is 9.99. The first-order valence-corrected chi connectivity index (χ1v) is 10.5. The summed E-state index contributed by atoms with van der Waals surface area (Å²) in [6.45, 7) is -2.98. The van der Waals surface area contributed by atoms with Gasteiger partial charge in [-0.1, -0.05) is 0 Å². The molecule has 0 aromatic heterocycles. The quantitative estimate of drug-likeness (QED) is 0.124. The van der Waals surface area contributed by atoms with Crippen molar-refractivity contribution in [2.24, 2.45) is 0 Å². The van der Waals surface area contributed by atoms with E-state index in [4.69, 9.17) is 29.2 Å². The molecular weight excluding hydrogens is 472 g/mol. The van der Waals surface area contributed by atoms with E-state index in [1.165, 1.54) is 0 Å². The third-order valence-electron chi connectivity index (χ3n) is 5.70. The molecule has 0 unspecified atom stereocenters. The predicted octanol–water partition coefficient (Wildman–Crippen LogP) is -7.94. The second-order valence-corrected chi connectivity index (χ2v) is 8.18. The van der Waals surface area contributed by atoms with Crippen LogP contribution < -0.4 is 0 Å². The summed E-state index contributed by atoms with van der Waals surface area (Å²) >= 11 is 0. The van der Waals surface area contributed by atoms with E-state index in [0.717, 1.165) is 0 Å². The molecule has 2 heterocycles. The summed E-state index contributed by atoms with van der Waals surface area (Å²) in [7, 11) is 0. The molecule has 14 atom stereocenters. The number of ether oxygens (including phenoxy) is 4. The van der Waals surface area contributed by atoms with Crippen LogP contribution in [0.5, 0.6) is 0 Å². The Kier molecular flexibility index (Phi) is 11.4. The van der Waals surface area contributed by atoms with E-state index in [2.05, 4.69) is 0 Å². The molecule has 0 aromatic carbocycles. The van der Waals surface area contributed by atoms with Gasteiger partial charge in [-0.15, -0.1) is 0 Å². The molecule has 2 aliphatic rings. The normalized spacial score (nSPS) is 42.7. The number of aliphatic hydroxyl groups is 12. The molecule has 16 nitrogen and oxygen atoms in total. The number of hydrogen-bond acceptors (Lipinski definition) is 16. The number of hydrogen-bond donors (Lipinski definition) is 12. The van der Waals surface area contributed by atoms with Crippen LogP contribution in [0, 0.1) is 0 Å². The van der Waals surface area contributed by atoms with Crippen LogP contribution in [0.3, 0.4) is 0 Å². The summed E-state index contributed by atoms with van der Waals surface area (Å²) in [5.41, 5.74) is 0. The minimum Gasteiger partial charge on any atom is -0.394 e. The predicted molar refractivity (Wildman–Crippen MR) is 103 cm³/mol. The topological polar surface area (TPSA) is 280 Å². The monoisotopic (exact) mass is 506 g/mol. The molecule has 2 fully saturated rings. The summed E-state index contributed by atoms with van der Waals surface area (Å²) in [4.78, 5) is 0.